The molecule has 152 valence electrons. The highest BCUT2D eigenvalue weighted by molar-refractivity contribution is 6.30. The fraction of sp³-hybridized carbons (Fsp3) is 0.357. The quantitative estimate of drug-likeness (QED) is 0.476. The van der Waals surface area contributed by atoms with Crippen molar-refractivity contribution in [2.24, 2.45) is 23.7 Å². The minimum Gasteiger partial charge on any atom is -0.385 e. The molecule has 4 fully saturated rings. The standard InChI is InChI=1S/C28H27ClO/c29-25-9-10-27(28(30)23-12-18-11-19(14-23)15-24(28)13-18)26(17-25)22-8-4-7-21(16-22)20-5-2-1-3-6-20/h1-10,16-19,23-24,30H,11-15H2. The lowest BCUT2D eigenvalue weighted by Crippen LogP contribution is -2.55. The first-order valence-corrected chi connectivity index (χ1v) is 11.7. The van der Waals surface area contributed by atoms with Crippen molar-refractivity contribution in [3.05, 3.63) is 83.4 Å². The maximum Gasteiger partial charge on any atom is 0.0958 e. The van der Waals surface area contributed by atoms with E-state index in [-0.39, 0.29) is 0 Å². The van der Waals surface area contributed by atoms with Crippen molar-refractivity contribution in [2.45, 2.75) is 37.7 Å². The van der Waals surface area contributed by atoms with Crippen molar-refractivity contribution in [1.82, 2.24) is 0 Å². The molecule has 4 aliphatic rings. The Morgan fingerprint density at radius 1 is 0.667 bits per heavy atom. The summed E-state index contributed by atoms with van der Waals surface area (Å²) in [7, 11) is 0. The van der Waals surface area contributed by atoms with Gasteiger partial charge in [0.15, 0.2) is 0 Å². The third-order valence-corrected chi connectivity index (χ3v) is 8.31. The van der Waals surface area contributed by atoms with Crippen molar-refractivity contribution in [3.8, 4) is 22.3 Å². The lowest BCUT2D eigenvalue weighted by atomic mass is 9.48. The van der Waals surface area contributed by atoms with Gasteiger partial charge in [0.1, 0.15) is 0 Å². The summed E-state index contributed by atoms with van der Waals surface area (Å²) < 4.78 is 0. The first-order valence-electron chi connectivity index (χ1n) is 11.3. The molecule has 7 rings (SSSR count). The fourth-order valence-electron chi connectivity index (χ4n) is 6.94. The van der Waals surface area contributed by atoms with E-state index in [1.165, 1.54) is 43.2 Å². The van der Waals surface area contributed by atoms with Crippen LogP contribution in [0.3, 0.4) is 0 Å². The van der Waals surface area contributed by atoms with Gasteiger partial charge in [0.25, 0.3) is 0 Å². The van der Waals surface area contributed by atoms with E-state index in [4.69, 9.17) is 11.6 Å². The molecule has 0 heterocycles. The van der Waals surface area contributed by atoms with Crippen LogP contribution in [0, 0.1) is 23.7 Å². The Labute approximate surface area is 183 Å². The topological polar surface area (TPSA) is 20.2 Å². The van der Waals surface area contributed by atoms with Crippen LogP contribution in [-0.2, 0) is 5.60 Å². The Bertz CT molecular complexity index is 1060. The molecule has 4 aliphatic carbocycles. The molecule has 0 radical (unpaired) electrons. The Hall–Kier alpha value is -2.09. The molecular weight excluding hydrogens is 388 g/mol. The summed E-state index contributed by atoms with van der Waals surface area (Å²) in [4.78, 5) is 0. The number of aliphatic hydroxyl groups is 1. The van der Waals surface area contributed by atoms with Crippen molar-refractivity contribution in [1.29, 1.82) is 0 Å². The SMILES string of the molecule is OC1(c2ccc(Cl)cc2-c2cccc(-c3ccccc3)c2)C2CC3CC(C2)CC1C3. The van der Waals surface area contributed by atoms with Gasteiger partial charge in [-0.2, -0.15) is 0 Å². The van der Waals surface area contributed by atoms with Crippen LogP contribution >= 0.6 is 11.6 Å². The van der Waals surface area contributed by atoms with Gasteiger partial charge in [-0.1, -0.05) is 66.2 Å². The zero-order valence-corrected chi connectivity index (χ0v) is 17.9. The lowest BCUT2D eigenvalue weighted by Gasteiger charge is -2.59. The Balaban J connectivity index is 1.48. The second-order valence-electron chi connectivity index (χ2n) is 9.77. The van der Waals surface area contributed by atoms with Crippen LogP contribution in [0.1, 0.15) is 37.7 Å². The third kappa shape index (κ3) is 2.87. The van der Waals surface area contributed by atoms with E-state index in [1.807, 2.05) is 12.1 Å². The molecule has 0 amide bonds. The molecule has 2 heteroatoms. The number of halogens is 1. The molecule has 4 bridgehead atoms. The highest BCUT2D eigenvalue weighted by Crippen LogP contribution is 2.62. The molecular formula is C28H27ClO. The third-order valence-electron chi connectivity index (χ3n) is 8.08. The molecule has 0 atom stereocenters. The lowest BCUT2D eigenvalue weighted by molar-refractivity contribution is -0.179. The van der Waals surface area contributed by atoms with Crippen LogP contribution in [0.15, 0.2) is 72.8 Å². The van der Waals surface area contributed by atoms with Gasteiger partial charge in [-0.05, 0) is 102 Å². The van der Waals surface area contributed by atoms with E-state index in [9.17, 15) is 5.11 Å². The maximum atomic E-state index is 12.2. The van der Waals surface area contributed by atoms with Gasteiger partial charge >= 0.3 is 0 Å². The molecule has 0 saturated heterocycles. The van der Waals surface area contributed by atoms with E-state index in [1.54, 1.807) is 0 Å². The summed E-state index contributed by atoms with van der Waals surface area (Å²) in [5, 5.41) is 13.0. The molecule has 4 saturated carbocycles. The fourth-order valence-corrected chi connectivity index (χ4v) is 7.12. The van der Waals surface area contributed by atoms with Crippen LogP contribution in [0.25, 0.3) is 22.3 Å². The van der Waals surface area contributed by atoms with E-state index >= 15 is 0 Å². The summed E-state index contributed by atoms with van der Waals surface area (Å²) in [6.07, 6.45) is 6.09. The average molecular weight is 415 g/mol. The van der Waals surface area contributed by atoms with Crippen molar-refractivity contribution in [3.63, 3.8) is 0 Å². The molecule has 1 nitrogen and oxygen atoms in total. The van der Waals surface area contributed by atoms with Gasteiger partial charge in [0.05, 0.1) is 5.60 Å². The maximum absolute atomic E-state index is 12.2. The van der Waals surface area contributed by atoms with Gasteiger partial charge in [-0.25, -0.2) is 0 Å². The average Bonchev–Trinajstić information content (AvgIpc) is 2.77. The Morgan fingerprint density at radius 3 is 2.00 bits per heavy atom. The molecule has 0 unspecified atom stereocenters. The van der Waals surface area contributed by atoms with Crippen molar-refractivity contribution in [2.75, 3.05) is 0 Å². The molecule has 0 aliphatic heterocycles. The van der Waals surface area contributed by atoms with Crippen LogP contribution < -0.4 is 0 Å². The highest BCUT2D eigenvalue weighted by atomic mass is 35.5. The van der Waals surface area contributed by atoms with E-state index in [0.29, 0.717) is 11.8 Å². The van der Waals surface area contributed by atoms with Crippen LogP contribution in [0.5, 0.6) is 0 Å². The molecule has 1 N–H and O–H groups in total. The second-order valence-corrected chi connectivity index (χ2v) is 10.2. The van der Waals surface area contributed by atoms with E-state index in [2.05, 4.69) is 60.7 Å². The summed E-state index contributed by atoms with van der Waals surface area (Å²) in [5.41, 5.74) is 4.99. The summed E-state index contributed by atoms with van der Waals surface area (Å²) >= 11 is 6.48. The Kier molecular flexibility index (Phi) is 4.34. The minimum atomic E-state index is -0.726. The van der Waals surface area contributed by atoms with Gasteiger partial charge < -0.3 is 5.11 Å². The van der Waals surface area contributed by atoms with Gasteiger partial charge in [-0.3, -0.25) is 0 Å². The normalized spacial score (nSPS) is 31.8. The summed E-state index contributed by atoms with van der Waals surface area (Å²) in [5.74, 6) is 2.41. The van der Waals surface area contributed by atoms with Gasteiger partial charge in [-0.15, -0.1) is 0 Å². The largest absolute Gasteiger partial charge is 0.385 e. The monoisotopic (exact) mass is 414 g/mol. The van der Waals surface area contributed by atoms with Gasteiger partial charge in [0, 0.05) is 5.02 Å². The molecule has 30 heavy (non-hydrogen) atoms. The summed E-state index contributed by atoms with van der Waals surface area (Å²) in [6, 6.07) is 25.3. The molecule has 0 spiro atoms. The number of hydrogen-bond donors (Lipinski definition) is 1. The first kappa shape index (κ1) is 18.7. The van der Waals surface area contributed by atoms with Gasteiger partial charge in [0.2, 0.25) is 0 Å². The smallest absolute Gasteiger partial charge is 0.0958 e. The predicted octanol–water partition coefficient (Wildman–Crippen LogP) is 7.32. The second kappa shape index (κ2) is 6.97. The van der Waals surface area contributed by atoms with E-state index < -0.39 is 5.60 Å². The van der Waals surface area contributed by atoms with Crippen molar-refractivity contribution < 1.29 is 5.11 Å². The van der Waals surface area contributed by atoms with Crippen LogP contribution in [-0.4, -0.2) is 5.11 Å². The molecule has 3 aromatic carbocycles. The first-order chi connectivity index (χ1) is 14.6. The highest BCUT2D eigenvalue weighted by Gasteiger charge is 2.57. The van der Waals surface area contributed by atoms with Crippen molar-refractivity contribution >= 4 is 11.6 Å². The van der Waals surface area contributed by atoms with E-state index in [0.717, 1.165) is 33.5 Å². The Morgan fingerprint density at radius 2 is 1.30 bits per heavy atom. The molecule has 3 aromatic rings. The zero-order valence-electron chi connectivity index (χ0n) is 17.1. The zero-order chi connectivity index (χ0) is 20.3. The van der Waals surface area contributed by atoms with Crippen LogP contribution in [0.2, 0.25) is 5.02 Å². The number of hydrogen-bond acceptors (Lipinski definition) is 1. The predicted molar refractivity (Wildman–Crippen MR) is 123 cm³/mol. The van der Waals surface area contributed by atoms with Crippen LogP contribution in [0.4, 0.5) is 0 Å². The minimum absolute atomic E-state index is 0.381. The summed E-state index contributed by atoms with van der Waals surface area (Å²) in [6.45, 7) is 0. The number of benzene rings is 3. The molecule has 0 aromatic heterocycles. The number of rotatable bonds is 3.